The lowest BCUT2D eigenvalue weighted by Crippen LogP contribution is -2.47. The van der Waals surface area contributed by atoms with E-state index in [1.165, 1.54) is 16.8 Å². The molecule has 0 saturated carbocycles. The number of halogens is 1. The van der Waals surface area contributed by atoms with Crippen LogP contribution in [-0.2, 0) is 11.8 Å². The van der Waals surface area contributed by atoms with Gasteiger partial charge in [-0.1, -0.05) is 25.4 Å². The molecule has 0 aliphatic heterocycles. The van der Waals surface area contributed by atoms with E-state index >= 15 is 0 Å². The monoisotopic (exact) mass is 379 g/mol. The number of aromatic nitrogens is 2. The van der Waals surface area contributed by atoms with Crippen LogP contribution in [0, 0.1) is 16.0 Å². The van der Waals surface area contributed by atoms with Crippen LogP contribution in [-0.4, -0.2) is 32.6 Å². The number of nitro benzene ring substituents is 1. The second-order valence-electron chi connectivity index (χ2n) is 5.98. The maximum Gasteiger partial charge on any atom is 0.270 e. The van der Waals surface area contributed by atoms with E-state index in [1.807, 2.05) is 0 Å². The molecule has 0 spiro atoms. The van der Waals surface area contributed by atoms with E-state index in [0.29, 0.717) is 5.82 Å². The first kappa shape index (κ1) is 19.4. The van der Waals surface area contributed by atoms with Crippen LogP contribution in [0.25, 0.3) is 0 Å². The number of nitro groups is 1. The third-order valence-corrected chi connectivity index (χ3v) is 3.92. The molecule has 1 aromatic heterocycles. The normalized spacial score (nSPS) is 11.9. The van der Waals surface area contributed by atoms with E-state index in [1.54, 1.807) is 33.2 Å². The molecule has 1 aromatic carbocycles. The summed E-state index contributed by atoms with van der Waals surface area (Å²) < 4.78 is 1.54. The molecule has 9 nitrogen and oxygen atoms in total. The number of rotatable bonds is 6. The van der Waals surface area contributed by atoms with E-state index in [2.05, 4.69) is 15.7 Å². The van der Waals surface area contributed by atoms with Gasteiger partial charge in [0.1, 0.15) is 6.04 Å². The summed E-state index contributed by atoms with van der Waals surface area (Å²) in [6.45, 7) is 3.56. The molecule has 0 unspecified atom stereocenters. The molecule has 1 heterocycles. The van der Waals surface area contributed by atoms with Gasteiger partial charge < -0.3 is 10.6 Å². The fourth-order valence-electron chi connectivity index (χ4n) is 2.24. The first-order valence-corrected chi connectivity index (χ1v) is 8.12. The van der Waals surface area contributed by atoms with E-state index in [9.17, 15) is 19.7 Å². The lowest BCUT2D eigenvalue weighted by Gasteiger charge is -2.21. The van der Waals surface area contributed by atoms with Crippen molar-refractivity contribution in [1.82, 2.24) is 15.1 Å². The fraction of sp³-hybridized carbons (Fsp3) is 0.312. The maximum absolute atomic E-state index is 12.5. The van der Waals surface area contributed by atoms with Gasteiger partial charge >= 0.3 is 0 Å². The number of benzene rings is 1. The second kappa shape index (κ2) is 7.96. The molecule has 26 heavy (non-hydrogen) atoms. The number of hydrogen-bond donors (Lipinski definition) is 2. The molecule has 10 heteroatoms. The zero-order valence-corrected chi connectivity index (χ0v) is 15.1. The van der Waals surface area contributed by atoms with E-state index in [-0.39, 0.29) is 22.2 Å². The number of non-ortho nitro benzene ring substituents is 1. The number of nitrogens with zero attached hydrogens (tertiary/aromatic N) is 3. The minimum absolute atomic E-state index is 0.0496. The Bertz CT molecular complexity index is 849. The van der Waals surface area contributed by atoms with Gasteiger partial charge in [0.25, 0.3) is 11.6 Å². The molecule has 2 rings (SSSR count). The van der Waals surface area contributed by atoms with Crippen molar-refractivity contribution in [2.45, 2.75) is 19.9 Å². The molecule has 0 aliphatic carbocycles. The molecular weight excluding hydrogens is 362 g/mol. The Morgan fingerprint density at radius 2 is 2.00 bits per heavy atom. The standard InChI is InChI=1S/C16H18ClN5O4/c1-9(2)14(16(24)18-13-6-7-21(3)20-13)19-15(23)11-5-4-10(22(25)26)8-12(11)17/h4-9,14H,1-3H3,(H,19,23)(H,18,20,24)/t14-/m1/s1. The molecular formula is C16H18ClN5O4. The zero-order valence-electron chi connectivity index (χ0n) is 14.4. The van der Waals surface area contributed by atoms with E-state index in [0.717, 1.165) is 6.07 Å². The van der Waals surface area contributed by atoms with Gasteiger partial charge in [-0.05, 0) is 12.0 Å². The van der Waals surface area contributed by atoms with Gasteiger partial charge in [0, 0.05) is 31.4 Å². The highest BCUT2D eigenvalue weighted by molar-refractivity contribution is 6.34. The zero-order chi connectivity index (χ0) is 19.4. The first-order chi connectivity index (χ1) is 12.2. The van der Waals surface area contributed by atoms with Crippen molar-refractivity contribution in [1.29, 1.82) is 0 Å². The van der Waals surface area contributed by atoms with Crippen molar-refractivity contribution in [2.75, 3.05) is 5.32 Å². The van der Waals surface area contributed by atoms with Crippen LogP contribution < -0.4 is 10.6 Å². The highest BCUT2D eigenvalue weighted by Gasteiger charge is 2.26. The van der Waals surface area contributed by atoms with Crippen LogP contribution in [0.4, 0.5) is 11.5 Å². The number of hydrogen-bond acceptors (Lipinski definition) is 5. The predicted octanol–water partition coefficient (Wildman–Crippen LogP) is 2.37. The highest BCUT2D eigenvalue weighted by atomic mass is 35.5. The van der Waals surface area contributed by atoms with Crippen molar-refractivity contribution in [3.8, 4) is 0 Å². The van der Waals surface area contributed by atoms with E-state index in [4.69, 9.17) is 11.6 Å². The third kappa shape index (κ3) is 4.57. The van der Waals surface area contributed by atoms with Crippen LogP contribution in [0.2, 0.25) is 5.02 Å². The summed E-state index contributed by atoms with van der Waals surface area (Å²) in [7, 11) is 1.72. The molecule has 0 fully saturated rings. The summed E-state index contributed by atoms with van der Waals surface area (Å²) >= 11 is 5.96. The molecule has 2 aromatic rings. The Kier molecular flexibility index (Phi) is 5.93. The van der Waals surface area contributed by atoms with Gasteiger partial charge in [-0.2, -0.15) is 5.10 Å². The summed E-state index contributed by atoms with van der Waals surface area (Å²) in [5.41, 5.74) is -0.173. The average Bonchev–Trinajstić information content (AvgIpc) is 2.96. The molecule has 0 radical (unpaired) electrons. The molecule has 138 valence electrons. The van der Waals surface area contributed by atoms with Gasteiger partial charge in [-0.3, -0.25) is 24.4 Å². The Morgan fingerprint density at radius 3 is 2.50 bits per heavy atom. The van der Waals surface area contributed by atoms with Crippen molar-refractivity contribution in [2.24, 2.45) is 13.0 Å². The number of carbonyl (C=O) groups excluding carboxylic acids is 2. The number of nitrogens with one attached hydrogen (secondary N) is 2. The first-order valence-electron chi connectivity index (χ1n) is 7.74. The van der Waals surface area contributed by atoms with E-state index < -0.39 is 22.8 Å². The number of anilines is 1. The topological polar surface area (TPSA) is 119 Å². The highest BCUT2D eigenvalue weighted by Crippen LogP contribution is 2.22. The summed E-state index contributed by atoms with van der Waals surface area (Å²) in [4.78, 5) is 35.1. The number of aryl methyl sites for hydroxylation is 1. The Morgan fingerprint density at radius 1 is 1.31 bits per heavy atom. The van der Waals surface area contributed by atoms with Crippen molar-refractivity contribution in [3.05, 3.63) is 51.2 Å². The lowest BCUT2D eigenvalue weighted by molar-refractivity contribution is -0.384. The Hall–Kier alpha value is -2.94. The van der Waals surface area contributed by atoms with Gasteiger partial charge in [0.05, 0.1) is 15.5 Å². The summed E-state index contributed by atoms with van der Waals surface area (Å²) in [6, 6.07) is 4.32. The molecule has 0 saturated heterocycles. The second-order valence-corrected chi connectivity index (χ2v) is 6.39. The lowest BCUT2D eigenvalue weighted by atomic mass is 10.0. The van der Waals surface area contributed by atoms with Gasteiger partial charge in [-0.25, -0.2) is 0 Å². The van der Waals surface area contributed by atoms with Gasteiger partial charge in [0.2, 0.25) is 5.91 Å². The summed E-state index contributed by atoms with van der Waals surface area (Å²) in [5, 5.41) is 20.0. The average molecular weight is 380 g/mol. The molecule has 1 atom stereocenters. The third-order valence-electron chi connectivity index (χ3n) is 3.61. The van der Waals surface area contributed by atoms with Crippen molar-refractivity contribution < 1.29 is 14.5 Å². The Labute approximate surface area is 154 Å². The van der Waals surface area contributed by atoms with Gasteiger partial charge in [0.15, 0.2) is 5.82 Å². The maximum atomic E-state index is 12.5. The fourth-order valence-corrected chi connectivity index (χ4v) is 2.50. The quantitative estimate of drug-likeness (QED) is 0.589. The van der Waals surface area contributed by atoms with Crippen LogP contribution in [0.1, 0.15) is 24.2 Å². The minimum Gasteiger partial charge on any atom is -0.340 e. The summed E-state index contributed by atoms with van der Waals surface area (Å²) in [6.07, 6.45) is 1.68. The van der Waals surface area contributed by atoms with Crippen LogP contribution in [0.5, 0.6) is 0 Å². The largest absolute Gasteiger partial charge is 0.340 e. The molecule has 2 N–H and O–H groups in total. The minimum atomic E-state index is -0.837. The molecule has 0 bridgehead atoms. The van der Waals surface area contributed by atoms with Crippen LogP contribution in [0.3, 0.4) is 0 Å². The molecule has 0 aliphatic rings. The van der Waals surface area contributed by atoms with Crippen molar-refractivity contribution >= 4 is 34.9 Å². The van der Waals surface area contributed by atoms with Crippen molar-refractivity contribution in [3.63, 3.8) is 0 Å². The number of amides is 2. The number of carbonyl (C=O) groups is 2. The Balaban J connectivity index is 2.15. The van der Waals surface area contributed by atoms with Crippen LogP contribution >= 0.6 is 11.6 Å². The predicted molar refractivity (Wildman–Crippen MR) is 96.0 cm³/mol. The summed E-state index contributed by atoms with van der Waals surface area (Å²) in [5.74, 6) is -0.866. The smallest absolute Gasteiger partial charge is 0.270 e. The SMILES string of the molecule is CC(C)[C@@H](NC(=O)c1ccc([N+](=O)[O-])cc1Cl)C(=O)Nc1ccn(C)n1. The molecule has 2 amide bonds. The van der Waals surface area contributed by atoms with Crippen LogP contribution in [0.15, 0.2) is 30.5 Å². The van der Waals surface area contributed by atoms with Gasteiger partial charge in [-0.15, -0.1) is 0 Å².